The summed E-state index contributed by atoms with van der Waals surface area (Å²) >= 11 is 0. The highest BCUT2D eigenvalue weighted by atomic mass is 19.1. The van der Waals surface area contributed by atoms with E-state index >= 15 is 0 Å². The maximum absolute atomic E-state index is 13.0. The van der Waals surface area contributed by atoms with Gasteiger partial charge in [-0.1, -0.05) is 12.1 Å². The van der Waals surface area contributed by atoms with E-state index in [9.17, 15) is 14.0 Å². The zero-order valence-electron chi connectivity index (χ0n) is 10.9. The largest absolute Gasteiger partial charge is 0.417 e. The van der Waals surface area contributed by atoms with E-state index in [4.69, 9.17) is 4.42 Å². The van der Waals surface area contributed by atoms with Crippen LogP contribution in [0.25, 0.3) is 11.1 Å². The number of hydrogen-bond donors (Lipinski definition) is 2. The lowest BCUT2D eigenvalue weighted by Gasteiger charge is -2.05. The van der Waals surface area contributed by atoms with Crippen molar-refractivity contribution in [3.05, 3.63) is 70.0 Å². The Balaban J connectivity index is 1.73. The van der Waals surface area contributed by atoms with Crippen molar-refractivity contribution in [2.45, 2.75) is 6.54 Å². The van der Waals surface area contributed by atoms with Crippen LogP contribution in [0.4, 0.5) is 4.39 Å². The first kappa shape index (κ1) is 13.1. The first-order valence-electron chi connectivity index (χ1n) is 6.27. The molecule has 0 saturated carbocycles. The highest BCUT2D eigenvalue weighted by Gasteiger charge is 2.07. The monoisotopic (exact) mass is 286 g/mol. The minimum atomic E-state index is -0.522. The van der Waals surface area contributed by atoms with E-state index in [2.05, 4.69) is 10.3 Å². The fourth-order valence-corrected chi connectivity index (χ4v) is 2.02. The smallest absolute Gasteiger partial charge is 0.408 e. The van der Waals surface area contributed by atoms with Gasteiger partial charge >= 0.3 is 5.76 Å². The zero-order valence-corrected chi connectivity index (χ0v) is 10.9. The van der Waals surface area contributed by atoms with Crippen LogP contribution in [0.5, 0.6) is 0 Å². The topological polar surface area (TPSA) is 75.1 Å². The number of benzene rings is 2. The standard InChI is InChI=1S/C15H11FN2O3/c16-11-3-1-2-10(7-11)14(19)17-8-9-4-5-13-12(6-9)18-15(20)21-13/h1-7H,8H2,(H,17,19)(H,18,20). The molecule has 2 N–H and O–H groups in total. The Kier molecular flexibility index (Phi) is 3.27. The number of H-pyrrole nitrogens is 1. The lowest BCUT2D eigenvalue weighted by Crippen LogP contribution is -2.22. The van der Waals surface area contributed by atoms with Gasteiger partial charge in [-0.2, -0.15) is 0 Å². The van der Waals surface area contributed by atoms with E-state index < -0.39 is 11.6 Å². The number of aromatic nitrogens is 1. The summed E-state index contributed by atoms with van der Waals surface area (Å²) in [5.74, 6) is -1.35. The Hall–Kier alpha value is -2.89. The second-order valence-electron chi connectivity index (χ2n) is 4.54. The van der Waals surface area contributed by atoms with E-state index in [-0.39, 0.29) is 18.0 Å². The van der Waals surface area contributed by atoms with Gasteiger partial charge in [-0.25, -0.2) is 9.18 Å². The quantitative estimate of drug-likeness (QED) is 0.775. The molecule has 0 aliphatic heterocycles. The molecular weight excluding hydrogens is 275 g/mol. The van der Waals surface area contributed by atoms with Gasteiger partial charge < -0.3 is 9.73 Å². The van der Waals surface area contributed by atoms with Crippen LogP contribution in [0.1, 0.15) is 15.9 Å². The van der Waals surface area contributed by atoms with Gasteiger partial charge in [0.1, 0.15) is 5.82 Å². The maximum Gasteiger partial charge on any atom is 0.417 e. The predicted octanol–water partition coefficient (Wildman–Crippen LogP) is 2.19. The Bertz CT molecular complexity index is 866. The molecule has 5 nitrogen and oxygen atoms in total. The number of aromatic amines is 1. The zero-order chi connectivity index (χ0) is 14.8. The second-order valence-corrected chi connectivity index (χ2v) is 4.54. The molecule has 0 unspecified atom stereocenters. The van der Waals surface area contributed by atoms with E-state index in [0.717, 1.165) is 5.56 Å². The van der Waals surface area contributed by atoms with Crippen LogP contribution in [-0.2, 0) is 6.54 Å². The summed E-state index contributed by atoms with van der Waals surface area (Å²) in [6.07, 6.45) is 0. The summed E-state index contributed by atoms with van der Waals surface area (Å²) in [6, 6.07) is 10.6. The predicted molar refractivity (Wildman–Crippen MR) is 74.4 cm³/mol. The normalized spacial score (nSPS) is 10.7. The second kappa shape index (κ2) is 5.24. The summed E-state index contributed by atoms with van der Waals surface area (Å²) in [7, 11) is 0. The van der Waals surface area contributed by atoms with E-state index in [1.165, 1.54) is 24.3 Å². The van der Waals surface area contributed by atoms with Crippen LogP contribution < -0.4 is 11.1 Å². The van der Waals surface area contributed by atoms with Crippen molar-refractivity contribution < 1.29 is 13.6 Å². The molecule has 0 aliphatic rings. The summed E-state index contributed by atoms with van der Waals surface area (Å²) in [5.41, 5.74) is 2.08. The van der Waals surface area contributed by atoms with Gasteiger partial charge in [-0.3, -0.25) is 9.78 Å². The van der Waals surface area contributed by atoms with Gasteiger partial charge in [0.2, 0.25) is 0 Å². The van der Waals surface area contributed by atoms with E-state index in [1.54, 1.807) is 18.2 Å². The lowest BCUT2D eigenvalue weighted by atomic mass is 10.2. The van der Waals surface area contributed by atoms with E-state index in [1.807, 2.05) is 0 Å². The van der Waals surface area contributed by atoms with Crippen molar-refractivity contribution in [2.24, 2.45) is 0 Å². The summed E-state index contributed by atoms with van der Waals surface area (Å²) < 4.78 is 17.9. The maximum atomic E-state index is 13.0. The van der Waals surface area contributed by atoms with Crippen LogP contribution in [0.3, 0.4) is 0 Å². The highest BCUT2D eigenvalue weighted by molar-refractivity contribution is 5.94. The SMILES string of the molecule is O=C(NCc1ccc2oc(=O)[nH]c2c1)c1cccc(F)c1. The first-order valence-corrected chi connectivity index (χ1v) is 6.27. The van der Waals surface area contributed by atoms with Crippen LogP contribution in [0.2, 0.25) is 0 Å². The molecule has 0 radical (unpaired) electrons. The summed E-state index contributed by atoms with van der Waals surface area (Å²) in [6.45, 7) is 0.262. The molecule has 1 amide bonds. The number of carbonyl (C=O) groups is 1. The molecule has 0 spiro atoms. The molecule has 3 rings (SSSR count). The fourth-order valence-electron chi connectivity index (χ4n) is 2.02. The van der Waals surface area contributed by atoms with Crippen molar-refractivity contribution in [1.29, 1.82) is 0 Å². The minimum Gasteiger partial charge on any atom is -0.408 e. The number of carbonyl (C=O) groups excluding carboxylic acids is 1. The van der Waals surface area contributed by atoms with E-state index in [0.29, 0.717) is 11.1 Å². The highest BCUT2D eigenvalue weighted by Crippen LogP contribution is 2.12. The van der Waals surface area contributed by atoms with Gasteiger partial charge in [0.15, 0.2) is 5.58 Å². The minimum absolute atomic E-state index is 0.257. The van der Waals surface area contributed by atoms with Crippen molar-refractivity contribution in [2.75, 3.05) is 0 Å². The number of nitrogens with one attached hydrogen (secondary N) is 2. The molecule has 0 bridgehead atoms. The molecule has 1 aromatic heterocycles. The fraction of sp³-hybridized carbons (Fsp3) is 0.0667. The summed E-state index contributed by atoms with van der Waals surface area (Å²) in [5, 5.41) is 2.69. The Morgan fingerprint density at radius 3 is 2.90 bits per heavy atom. The Morgan fingerprint density at radius 1 is 1.24 bits per heavy atom. The van der Waals surface area contributed by atoms with Crippen molar-refractivity contribution in [3.8, 4) is 0 Å². The number of rotatable bonds is 3. The molecule has 21 heavy (non-hydrogen) atoms. The van der Waals surface area contributed by atoms with Gasteiger partial charge in [0.25, 0.3) is 5.91 Å². The lowest BCUT2D eigenvalue weighted by molar-refractivity contribution is 0.0950. The average Bonchev–Trinajstić information content (AvgIpc) is 2.84. The number of oxazole rings is 1. The van der Waals surface area contributed by atoms with Crippen LogP contribution in [0, 0.1) is 5.82 Å². The first-order chi connectivity index (χ1) is 10.1. The van der Waals surface area contributed by atoms with Crippen LogP contribution in [-0.4, -0.2) is 10.9 Å². The molecule has 1 heterocycles. The average molecular weight is 286 g/mol. The molecule has 3 aromatic rings. The Morgan fingerprint density at radius 2 is 2.10 bits per heavy atom. The molecule has 0 aliphatic carbocycles. The van der Waals surface area contributed by atoms with Crippen molar-refractivity contribution in [1.82, 2.24) is 10.3 Å². The molecular formula is C15H11FN2O3. The molecule has 0 fully saturated rings. The third-order valence-corrected chi connectivity index (χ3v) is 3.02. The Labute approximate surface area is 118 Å². The van der Waals surface area contributed by atoms with Gasteiger partial charge in [-0.05, 0) is 35.9 Å². The number of fused-ring (bicyclic) bond motifs is 1. The number of hydrogen-bond acceptors (Lipinski definition) is 3. The molecule has 6 heteroatoms. The van der Waals surface area contributed by atoms with Gasteiger partial charge in [0.05, 0.1) is 5.52 Å². The van der Waals surface area contributed by atoms with Crippen LogP contribution in [0.15, 0.2) is 51.7 Å². The summed E-state index contributed by atoms with van der Waals surface area (Å²) in [4.78, 5) is 25.5. The molecule has 0 saturated heterocycles. The number of halogens is 1. The van der Waals surface area contributed by atoms with Crippen molar-refractivity contribution in [3.63, 3.8) is 0 Å². The third kappa shape index (κ3) is 2.84. The number of amides is 1. The molecule has 106 valence electrons. The molecule has 0 atom stereocenters. The van der Waals surface area contributed by atoms with Crippen molar-refractivity contribution >= 4 is 17.0 Å². The molecule has 2 aromatic carbocycles. The van der Waals surface area contributed by atoms with Gasteiger partial charge in [0, 0.05) is 12.1 Å². The third-order valence-electron chi connectivity index (χ3n) is 3.02. The van der Waals surface area contributed by atoms with Crippen LogP contribution >= 0.6 is 0 Å². The van der Waals surface area contributed by atoms with Gasteiger partial charge in [-0.15, -0.1) is 0 Å².